The standard InChI is InChI=1S/C13H22N2O/c1-2-11(16)15-13-5-8-3-9(6-13)12(14)10(4-8)7-13/h8-10,12H,2-7,14H2,1H3,(H,15,16). The van der Waals surface area contributed by atoms with Crippen LogP contribution in [0.5, 0.6) is 0 Å². The van der Waals surface area contributed by atoms with Crippen molar-refractivity contribution >= 4 is 5.91 Å². The van der Waals surface area contributed by atoms with E-state index in [0.717, 1.165) is 18.8 Å². The Balaban J connectivity index is 1.80. The molecule has 16 heavy (non-hydrogen) atoms. The molecule has 0 aromatic carbocycles. The van der Waals surface area contributed by atoms with Gasteiger partial charge >= 0.3 is 0 Å². The first-order chi connectivity index (χ1) is 7.62. The van der Waals surface area contributed by atoms with Gasteiger partial charge in [-0.2, -0.15) is 0 Å². The Morgan fingerprint density at radius 2 is 1.94 bits per heavy atom. The number of carbonyl (C=O) groups is 1. The van der Waals surface area contributed by atoms with E-state index in [2.05, 4.69) is 5.32 Å². The van der Waals surface area contributed by atoms with Crippen LogP contribution >= 0.6 is 0 Å². The monoisotopic (exact) mass is 222 g/mol. The van der Waals surface area contributed by atoms with E-state index >= 15 is 0 Å². The molecule has 0 spiro atoms. The average Bonchev–Trinajstić information content (AvgIpc) is 2.24. The maximum Gasteiger partial charge on any atom is 0.220 e. The lowest BCUT2D eigenvalue weighted by Gasteiger charge is -2.59. The third-order valence-corrected chi connectivity index (χ3v) is 5.07. The average molecular weight is 222 g/mol. The molecule has 3 N–H and O–H groups in total. The maximum absolute atomic E-state index is 11.6. The van der Waals surface area contributed by atoms with Crippen LogP contribution in [0.4, 0.5) is 0 Å². The Morgan fingerprint density at radius 1 is 1.31 bits per heavy atom. The van der Waals surface area contributed by atoms with E-state index < -0.39 is 0 Å². The molecule has 3 heteroatoms. The van der Waals surface area contributed by atoms with Crippen molar-refractivity contribution in [3.05, 3.63) is 0 Å². The van der Waals surface area contributed by atoms with E-state index in [0.29, 0.717) is 24.3 Å². The summed E-state index contributed by atoms with van der Waals surface area (Å²) in [6.07, 6.45) is 6.69. The van der Waals surface area contributed by atoms with Crippen LogP contribution in [0.2, 0.25) is 0 Å². The van der Waals surface area contributed by atoms with Gasteiger partial charge in [0.05, 0.1) is 0 Å². The first kappa shape index (κ1) is 10.6. The van der Waals surface area contributed by atoms with Gasteiger partial charge in [-0.25, -0.2) is 0 Å². The largest absolute Gasteiger partial charge is 0.351 e. The highest BCUT2D eigenvalue weighted by molar-refractivity contribution is 5.76. The van der Waals surface area contributed by atoms with Crippen molar-refractivity contribution in [1.82, 2.24) is 5.32 Å². The summed E-state index contributed by atoms with van der Waals surface area (Å²) in [7, 11) is 0. The molecule has 0 heterocycles. The second-order valence-electron chi connectivity index (χ2n) is 6.23. The van der Waals surface area contributed by atoms with Crippen LogP contribution in [0.1, 0.15) is 45.4 Å². The predicted molar refractivity (Wildman–Crippen MR) is 62.7 cm³/mol. The number of amides is 1. The minimum atomic E-state index is 0.124. The van der Waals surface area contributed by atoms with E-state index in [1.807, 2.05) is 6.92 Å². The Labute approximate surface area is 97.2 Å². The molecule has 4 fully saturated rings. The molecule has 4 rings (SSSR count). The molecular weight excluding hydrogens is 200 g/mol. The van der Waals surface area contributed by atoms with Crippen LogP contribution in [0.25, 0.3) is 0 Å². The van der Waals surface area contributed by atoms with Gasteiger partial charge in [-0.15, -0.1) is 0 Å². The van der Waals surface area contributed by atoms with E-state index in [1.54, 1.807) is 0 Å². The van der Waals surface area contributed by atoms with E-state index in [-0.39, 0.29) is 11.4 Å². The zero-order chi connectivity index (χ0) is 11.3. The van der Waals surface area contributed by atoms with Crippen molar-refractivity contribution in [2.24, 2.45) is 23.5 Å². The van der Waals surface area contributed by atoms with Gasteiger partial charge in [0.1, 0.15) is 0 Å². The number of carbonyl (C=O) groups excluding carboxylic acids is 1. The fourth-order valence-electron chi connectivity index (χ4n) is 4.60. The molecule has 4 saturated carbocycles. The first-order valence-electron chi connectivity index (χ1n) is 6.68. The third-order valence-electron chi connectivity index (χ3n) is 5.07. The lowest BCUT2D eigenvalue weighted by Crippen LogP contribution is -2.65. The van der Waals surface area contributed by atoms with Crippen molar-refractivity contribution in [2.75, 3.05) is 0 Å². The molecule has 0 aromatic heterocycles. The highest BCUT2D eigenvalue weighted by Crippen LogP contribution is 2.55. The number of rotatable bonds is 2. The summed E-state index contributed by atoms with van der Waals surface area (Å²) in [4.78, 5) is 11.6. The zero-order valence-corrected chi connectivity index (χ0v) is 10.0. The quantitative estimate of drug-likeness (QED) is 0.742. The fraction of sp³-hybridized carbons (Fsp3) is 0.923. The summed E-state index contributed by atoms with van der Waals surface area (Å²) in [6.45, 7) is 1.93. The van der Waals surface area contributed by atoms with Crippen molar-refractivity contribution in [1.29, 1.82) is 0 Å². The molecule has 0 aromatic rings. The van der Waals surface area contributed by atoms with Gasteiger partial charge in [0.15, 0.2) is 0 Å². The minimum Gasteiger partial charge on any atom is -0.351 e. The van der Waals surface area contributed by atoms with Gasteiger partial charge in [0.2, 0.25) is 5.91 Å². The second kappa shape index (κ2) is 3.46. The molecule has 4 bridgehead atoms. The Morgan fingerprint density at radius 3 is 2.50 bits per heavy atom. The van der Waals surface area contributed by atoms with Crippen LogP contribution in [-0.2, 0) is 4.79 Å². The lowest BCUT2D eigenvalue weighted by molar-refractivity contribution is -0.127. The smallest absolute Gasteiger partial charge is 0.220 e. The molecule has 90 valence electrons. The topological polar surface area (TPSA) is 55.1 Å². The van der Waals surface area contributed by atoms with Crippen molar-refractivity contribution in [3.8, 4) is 0 Å². The van der Waals surface area contributed by atoms with Gasteiger partial charge in [-0.3, -0.25) is 4.79 Å². The molecule has 4 aliphatic rings. The highest BCUT2D eigenvalue weighted by atomic mass is 16.1. The molecule has 0 saturated heterocycles. The van der Waals surface area contributed by atoms with E-state index in [9.17, 15) is 4.79 Å². The summed E-state index contributed by atoms with van der Waals surface area (Å²) >= 11 is 0. The van der Waals surface area contributed by atoms with Gasteiger partial charge in [0.25, 0.3) is 0 Å². The molecule has 2 atom stereocenters. The molecule has 0 aliphatic heterocycles. The van der Waals surface area contributed by atoms with Crippen molar-refractivity contribution in [2.45, 2.75) is 57.0 Å². The van der Waals surface area contributed by atoms with Gasteiger partial charge in [-0.05, 0) is 49.9 Å². The highest BCUT2D eigenvalue weighted by Gasteiger charge is 2.54. The SMILES string of the molecule is CCC(=O)NC12CC3CC(C1)C(N)C(C3)C2. The van der Waals surface area contributed by atoms with Crippen LogP contribution in [-0.4, -0.2) is 17.5 Å². The van der Waals surface area contributed by atoms with E-state index in [1.165, 1.54) is 19.3 Å². The van der Waals surface area contributed by atoms with Crippen LogP contribution in [0.3, 0.4) is 0 Å². The zero-order valence-electron chi connectivity index (χ0n) is 10.0. The molecule has 2 unspecified atom stereocenters. The third kappa shape index (κ3) is 1.48. The number of hydrogen-bond acceptors (Lipinski definition) is 2. The molecule has 1 amide bonds. The summed E-state index contributed by atoms with van der Waals surface area (Å²) in [6, 6.07) is 0.406. The Hall–Kier alpha value is -0.570. The molecule has 4 aliphatic carbocycles. The van der Waals surface area contributed by atoms with Crippen LogP contribution in [0, 0.1) is 17.8 Å². The van der Waals surface area contributed by atoms with Gasteiger partial charge in [-0.1, -0.05) is 6.92 Å². The molecule has 3 nitrogen and oxygen atoms in total. The van der Waals surface area contributed by atoms with Crippen LogP contribution < -0.4 is 11.1 Å². The summed E-state index contributed by atoms with van der Waals surface area (Å²) in [5.74, 6) is 2.39. The second-order valence-corrected chi connectivity index (χ2v) is 6.23. The minimum absolute atomic E-state index is 0.124. The normalized spacial score (nSPS) is 49.4. The van der Waals surface area contributed by atoms with E-state index in [4.69, 9.17) is 5.73 Å². The summed E-state index contributed by atoms with van der Waals surface area (Å²) < 4.78 is 0. The summed E-state index contributed by atoms with van der Waals surface area (Å²) in [5.41, 5.74) is 6.40. The molecular formula is C13H22N2O. The van der Waals surface area contributed by atoms with Gasteiger partial charge in [0, 0.05) is 18.0 Å². The van der Waals surface area contributed by atoms with Gasteiger partial charge < -0.3 is 11.1 Å². The first-order valence-corrected chi connectivity index (χ1v) is 6.68. The Kier molecular flexibility index (Phi) is 2.29. The molecule has 0 radical (unpaired) electrons. The number of nitrogens with one attached hydrogen (secondary N) is 1. The Bertz CT molecular complexity index is 299. The van der Waals surface area contributed by atoms with Crippen molar-refractivity contribution in [3.63, 3.8) is 0 Å². The number of nitrogens with two attached hydrogens (primary N) is 1. The number of hydrogen-bond donors (Lipinski definition) is 2. The maximum atomic E-state index is 11.6. The summed E-state index contributed by atoms with van der Waals surface area (Å²) in [5, 5.41) is 3.30. The predicted octanol–water partition coefficient (Wildman–Crippen LogP) is 1.42. The fourth-order valence-corrected chi connectivity index (χ4v) is 4.60. The lowest BCUT2D eigenvalue weighted by atomic mass is 9.51. The van der Waals surface area contributed by atoms with Crippen molar-refractivity contribution < 1.29 is 4.79 Å². The van der Waals surface area contributed by atoms with Crippen LogP contribution in [0.15, 0.2) is 0 Å².